The Labute approximate surface area is 155 Å². The average Bonchev–Trinajstić information content (AvgIpc) is 2.48. The van der Waals surface area contributed by atoms with Crippen LogP contribution in [0.3, 0.4) is 0 Å². The number of nitrogens with zero attached hydrogens (tertiary/aromatic N) is 1. The Hall–Kier alpha value is -1.20. The molecule has 0 amide bonds. The zero-order valence-corrected chi connectivity index (χ0v) is 15.5. The average molecular weight is 372 g/mol. The van der Waals surface area contributed by atoms with E-state index in [4.69, 9.17) is 11.1 Å². The number of nitrogens with one attached hydrogen (secondary N) is 1. The molecule has 0 aromatic heterocycles. The van der Waals surface area contributed by atoms with E-state index in [0.717, 1.165) is 13.1 Å². The first kappa shape index (κ1) is 21.8. The van der Waals surface area contributed by atoms with Crippen LogP contribution in [0.25, 0.3) is 0 Å². The Morgan fingerprint density at radius 1 is 0.957 bits per heavy atom. The van der Waals surface area contributed by atoms with Gasteiger partial charge in [0.15, 0.2) is 5.17 Å². The zero-order chi connectivity index (χ0) is 15.1. The predicted molar refractivity (Wildman–Crippen MR) is 106 cm³/mol. The van der Waals surface area contributed by atoms with Crippen molar-refractivity contribution in [2.45, 2.75) is 25.4 Å². The molecule has 1 unspecified atom stereocenters. The van der Waals surface area contributed by atoms with Crippen molar-refractivity contribution >= 4 is 41.7 Å². The van der Waals surface area contributed by atoms with E-state index >= 15 is 0 Å². The summed E-state index contributed by atoms with van der Waals surface area (Å²) in [7, 11) is 0. The van der Waals surface area contributed by atoms with Gasteiger partial charge in [-0.1, -0.05) is 72.4 Å². The van der Waals surface area contributed by atoms with E-state index in [0.29, 0.717) is 0 Å². The van der Waals surface area contributed by atoms with E-state index in [1.54, 1.807) is 0 Å². The monoisotopic (exact) mass is 371 g/mol. The van der Waals surface area contributed by atoms with E-state index in [9.17, 15) is 0 Å². The standard InChI is InChI=1S/C17H21N3S.2ClH/c1-14(21-17(18)19)20(12-15-8-4-2-5-9-15)13-16-10-6-3-7-11-16;;/h2-11,14H,12-13H2,1H3,(H3,18,19);2*1H. The van der Waals surface area contributed by atoms with Crippen molar-refractivity contribution in [1.82, 2.24) is 4.90 Å². The molecule has 126 valence electrons. The Kier molecular flexibility index (Phi) is 10.8. The summed E-state index contributed by atoms with van der Waals surface area (Å²) in [5, 5.41) is 7.81. The molecule has 2 rings (SSSR count). The van der Waals surface area contributed by atoms with E-state index in [2.05, 4.69) is 60.4 Å². The molecule has 0 aliphatic heterocycles. The van der Waals surface area contributed by atoms with Gasteiger partial charge in [-0.3, -0.25) is 10.3 Å². The smallest absolute Gasteiger partial charge is 0.152 e. The third-order valence-electron chi connectivity index (χ3n) is 3.27. The summed E-state index contributed by atoms with van der Waals surface area (Å²) in [5.74, 6) is 0. The molecule has 0 radical (unpaired) electrons. The van der Waals surface area contributed by atoms with Crippen molar-refractivity contribution < 1.29 is 0 Å². The fourth-order valence-electron chi connectivity index (χ4n) is 2.21. The fraction of sp³-hybridized carbons (Fsp3) is 0.235. The van der Waals surface area contributed by atoms with Crippen molar-refractivity contribution in [3.05, 3.63) is 71.8 Å². The van der Waals surface area contributed by atoms with Gasteiger partial charge in [-0.25, -0.2) is 0 Å². The minimum Gasteiger partial charge on any atom is -0.379 e. The van der Waals surface area contributed by atoms with Gasteiger partial charge in [0, 0.05) is 13.1 Å². The number of benzene rings is 2. The molecule has 0 heterocycles. The minimum absolute atomic E-state index is 0. The molecule has 2 aromatic carbocycles. The lowest BCUT2D eigenvalue weighted by Crippen LogP contribution is -2.31. The fourth-order valence-corrected chi connectivity index (χ4v) is 2.87. The van der Waals surface area contributed by atoms with Crippen LogP contribution in [0, 0.1) is 5.41 Å². The second-order valence-electron chi connectivity index (χ2n) is 4.96. The molecule has 23 heavy (non-hydrogen) atoms. The number of thioether (sulfide) groups is 1. The molecule has 6 heteroatoms. The molecular formula is C17H23Cl2N3S. The lowest BCUT2D eigenvalue weighted by molar-refractivity contribution is 0.250. The molecule has 1 atom stereocenters. The largest absolute Gasteiger partial charge is 0.379 e. The molecule has 0 aliphatic rings. The van der Waals surface area contributed by atoms with Crippen molar-refractivity contribution in [2.24, 2.45) is 5.73 Å². The number of amidine groups is 1. The topological polar surface area (TPSA) is 53.1 Å². The second-order valence-corrected chi connectivity index (χ2v) is 6.32. The highest BCUT2D eigenvalue weighted by Crippen LogP contribution is 2.20. The van der Waals surface area contributed by atoms with Crippen LogP contribution in [0.5, 0.6) is 0 Å². The zero-order valence-electron chi connectivity index (χ0n) is 13.0. The number of hydrogen-bond donors (Lipinski definition) is 2. The second kappa shape index (κ2) is 11.4. The third kappa shape index (κ3) is 7.75. The normalized spacial score (nSPS) is 11.2. The van der Waals surface area contributed by atoms with Crippen molar-refractivity contribution in [2.75, 3.05) is 0 Å². The first-order chi connectivity index (χ1) is 10.1. The van der Waals surface area contributed by atoms with Crippen LogP contribution in [0.15, 0.2) is 60.7 Å². The number of hydrogen-bond acceptors (Lipinski definition) is 3. The molecule has 2 aromatic rings. The summed E-state index contributed by atoms with van der Waals surface area (Å²) >= 11 is 1.39. The van der Waals surface area contributed by atoms with Gasteiger partial charge in [0.2, 0.25) is 0 Å². The Bertz CT molecular complexity index is 525. The summed E-state index contributed by atoms with van der Waals surface area (Å²) in [6.45, 7) is 3.78. The van der Waals surface area contributed by atoms with E-state index in [1.165, 1.54) is 22.9 Å². The van der Waals surface area contributed by atoms with Crippen LogP contribution < -0.4 is 5.73 Å². The molecule has 0 saturated carbocycles. The maximum Gasteiger partial charge on any atom is 0.152 e. The molecule has 3 nitrogen and oxygen atoms in total. The van der Waals surface area contributed by atoms with Gasteiger partial charge < -0.3 is 5.73 Å². The molecule has 0 fully saturated rings. The quantitative estimate of drug-likeness (QED) is 0.446. The van der Waals surface area contributed by atoms with Crippen LogP contribution in [-0.4, -0.2) is 15.4 Å². The van der Waals surface area contributed by atoms with Crippen LogP contribution in [-0.2, 0) is 13.1 Å². The molecule has 0 spiro atoms. The SMILES string of the molecule is CC(SC(=N)N)N(Cc1ccccc1)Cc1ccccc1.Cl.Cl. The summed E-state index contributed by atoms with van der Waals surface area (Å²) in [6, 6.07) is 20.8. The molecule has 0 aliphatic carbocycles. The summed E-state index contributed by atoms with van der Waals surface area (Å²) in [6.07, 6.45) is 0. The molecule has 0 saturated heterocycles. The van der Waals surface area contributed by atoms with Crippen LogP contribution >= 0.6 is 36.6 Å². The Morgan fingerprint density at radius 3 is 1.70 bits per heavy atom. The van der Waals surface area contributed by atoms with Crippen LogP contribution in [0.2, 0.25) is 0 Å². The van der Waals surface area contributed by atoms with Gasteiger partial charge in [0.25, 0.3) is 0 Å². The molecular weight excluding hydrogens is 349 g/mol. The van der Waals surface area contributed by atoms with Gasteiger partial charge in [0.1, 0.15) is 0 Å². The highest BCUT2D eigenvalue weighted by atomic mass is 35.5. The molecule has 3 N–H and O–H groups in total. The van der Waals surface area contributed by atoms with E-state index < -0.39 is 0 Å². The lowest BCUT2D eigenvalue weighted by atomic mass is 10.1. The van der Waals surface area contributed by atoms with Gasteiger partial charge in [-0.15, -0.1) is 24.8 Å². The lowest BCUT2D eigenvalue weighted by Gasteiger charge is -2.28. The first-order valence-corrected chi connectivity index (χ1v) is 7.85. The first-order valence-electron chi connectivity index (χ1n) is 6.97. The number of rotatable bonds is 6. The summed E-state index contributed by atoms with van der Waals surface area (Å²) in [5.41, 5.74) is 8.07. The van der Waals surface area contributed by atoms with E-state index in [1.807, 2.05) is 12.1 Å². The van der Waals surface area contributed by atoms with Gasteiger partial charge >= 0.3 is 0 Å². The van der Waals surface area contributed by atoms with Gasteiger partial charge in [-0.05, 0) is 18.1 Å². The highest BCUT2D eigenvalue weighted by molar-refractivity contribution is 8.14. The van der Waals surface area contributed by atoms with Crippen molar-refractivity contribution in [3.63, 3.8) is 0 Å². The van der Waals surface area contributed by atoms with E-state index in [-0.39, 0.29) is 35.4 Å². The van der Waals surface area contributed by atoms with Crippen molar-refractivity contribution in [1.29, 1.82) is 5.41 Å². The van der Waals surface area contributed by atoms with Gasteiger partial charge in [-0.2, -0.15) is 0 Å². The Morgan fingerprint density at radius 2 is 1.35 bits per heavy atom. The maximum absolute atomic E-state index is 7.49. The summed E-state index contributed by atoms with van der Waals surface area (Å²) < 4.78 is 0. The predicted octanol–water partition coefficient (Wildman–Crippen LogP) is 4.51. The molecule has 0 bridgehead atoms. The summed E-state index contributed by atoms with van der Waals surface area (Å²) in [4.78, 5) is 2.33. The minimum atomic E-state index is 0. The number of halogens is 2. The van der Waals surface area contributed by atoms with Gasteiger partial charge in [0.05, 0.1) is 5.37 Å². The third-order valence-corrected chi connectivity index (χ3v) is 4.16. The maximum atomic E-state index is 7.49. The number of nitrogens with two attached hydrogens (primary N) is 1. The highest BCUT2D eigenvalue weighted by Gasteiger charge is 2.16. The van der Waals surface area contributed by atoms with Crippen LogP contribution in [0.1, 0.15) is 18.1 Å². The Balaban J connectivity index is 0.00000242. The van der Waals surface area contributed by atoms with Crippen LogP contribution in [0.4, 0.5) is 0 Å². The van der Waals surface area contributed by atoms with Crippen molar-refractivity contribution in [3.8, 4) is 0 Å².